The van der Waals surface area contributed by atoms with Gasteiger partial charge in [-0.15, -0.1) is 0 Å². The van der Waals surface area contributed by atoms with Gasteiger partial charge in [-0.05, 0) is 25.0 Å². The number of rotatable bonds is 3. The lowest BCUT2D eigenvalue weighted by Crippen LogP contribution is -2.55. The summed E-state index contributed by atoms with van der Waals surface area (Å²) in [6.45, 7) is 0. The predicted molar refractivity (Wildman–Crippen MR) is 69.8 cm³/mol. The Morgan fingerprint density at radius 3 is 2.37 bits per heavy atom. The van der Waals surface area contributed by atoms with Crippen LogP contribution in [-0.4, -0.2) is 31.4 Å². The fourth-order valence-corrected chi connectivity index (χ4v) is 3.66. The van der Waals surface area contributed by atoms with Crippen LogP contribution in [0, 0.1) is 5.82 Å². The first-order valence-corrected chi connectivity index (χ1v) is 7.70. The summed E-state index contributed by atoms with van der Waals surface area (Å²) in [6, 6.07) is 5.90. The van der Waals surface area contributed by atoms with E-state index in [1.54, 1.807) is 6.07 Å². The summed E-state index contributed by atoms with van der Waals surface area (Å²) < 4.78 is 36.4. The summed E-state index contributed by atoms with van der Waals surface area (Å²) in [5.74, 6) is -1.42. The third-order valence-corrected chi connectivity index (χ3v) is 5.05. The molecule has 1 saturated heterocycles. The lowest BCUT2D eigenvalue weighted by molar-refractivity contribution is -0.122. The van der Waals surface area contributed by atoms with Crippen molar-refractivity contribution >= 4 is 21.4 Å². The number of amides is 1. The first-order chi connectivity index (χ1) is 8.85. The van der Waals surface area contributed by atoms with E-state index in [1.165, 1.54) is 18.2 Å². The molecule has 19 heavy (non-hydrogen) atoms. The quantitative estimate of drug-likeness (QED) is 0.854. The fraction of sp³-hybridized carbons (Fsp3) is 0.417. The Bertz CT molecular complexity index is 587. The van der Waals surface area contributed by atoms with Crippen LogP contribution in [0.15, 0.2) is 24.3 Å². The van der Waals surface area contributed by atoms with Crippen LogP contribution in [0.3, 0.4) is 0 Å². The zero-order chi connectivity index (χ0) is 14.1. The first kappa shape index (κ1) is 13.8. The van der Waals surface area contributed by atoms with Gasteiger partial charge >= 0.3 is 0 Å². The van der Waals surface area contributed by atoms with E-state index in [9.17, 15) is 17.6 Å². The van der Waals surface area contributed by atoms with E-state index < -0.39 is 27.1 Å². The Labute approximate surface area is 110 Å². The van der Waals surface area contributed by atoms with E-state index >= 15 is 0 Å². The van der Waals surface area contributed by atoms with Gasteiger partial charge in [0.2, 0.25) is 5.91 Å². The van der Waals surface area contributed by atoms with E-state index in [4.69, 9.17) is 5.73 Å². The molecule has 0 aromatic heterocycles. The summed E-state index contributed by atoms with van der Waals surface area (Å²) >= 11 is 0. The number of carbonyl (C=O) groups is 1. The molecule has 5 nitrogen and oxygen atoms in total. The molecule has 1 fully saturated rings. The van der Waals surface area contributed by atoms with E-state index in [2.05, 4.69) is 5.32 Å². The maximum atomic E-state index is 13.6. The standard InChI is InChI=1S/C12H15FN2O3S/c13-9-3-1-2-4-10(9)15-12(11(14)16)5-7-19(17,18)8-6-12/h1-4,15H,5-8H2,(H2,14,16). The highest BCUT2D eigenvalue weighted by molar-refractivity contribution is 7.91. The van der Waals surface area contributed by atoms with Gasteiger partial charge in [-0.25, -0.2) is 12.8 Å². The van der Waals surface area contributed by atoms with Gasteiger partial charge in [0, 0.05) is 0 Å². The minimum Gasteiger partial charge on any atom is -0.369 e. The molecule has 104 valence electrons. The molecule has 0 bridgehead atoms. The van der Waals surface area contributed by atoms with Gasteiger partial charge in [-0.2, -0.15) is 0 Å². The number of sulfone groups is 1. The molecule has 1 aliphatic rings. The Balaban J connectivity index is 2.28. The van der Waals surface area contributed by atoms with Crippen molar-refractivity contribution in [3.63, 3.8) is 0 Å². The molecule has 0 unspecified atom stereocenters. The zero-order valence-electron chi connectivity index (χ0n) is 10.2. The molecule has 1 amide bonds. The van der Waals surface area contributed by atoms with Gasteiger partial charge in [0.15, 0.2) is 9.84 Å². The first-order valence-electron chi connectivity index (χ1n) is 5.88. The van der Waals surface area contributed by atoms with Gasteiger partial charge in [-0.1, -0.05) is 12.1 Å². The molecule has 0 aliphatic carbocycles. The largest absolute Gasteiger partial charge is 0.369 e. The molecule has 0 spiro atoms. The minimum absolute atomic E-state index is 0.0546. The van der Waals surface area contributed by atoms with Crippen molar-refractivity contribution in [2.45, 2.75) is 18.4 Å². The number of hydrogen-bond donors (Lipinski definition) is 2. The van der Waals surface area contributed by atoms with Crippen LogP contribution >= 0.6 is 0 Å². The van der Waals surface area contributed by atoms with E-state index in [0.29, 0.717) is 0 Å². The van der Waals surface area contributed by atoms with Crippen molar-refractivity contribution in [1.29, 1.82) is 0 Å². The lowest BCUT2D eigenvalue weighted by atomic mass is 9.91. The second kappa shape index (κ2) is 4.80. The fourth-order valence-electron chi connectivity index (χ4n) is 2.14. The van der Waals surface area contributed by atoms with Gasteiger partial charge < -0.3 is 11.1 Å². The Hall–Kier alpha value is -1.63. The van der Waals surface area contributed by atoms with Crippen LogP contribution in [0.25, 0.3) is 0 Å². The lowest BCUT2D eigenvalue weighted by Gasteiger charge is -2.35. The van der Waals surface area contributed by atoms with Gasteiger partial charge in [0.25, 0.3) is 0 Å². The monoisotopic (exact) mass is 286 g/mol. The molecule has 1 heterocycles. The van der Waals surface area contributed by atoms with Gasteiger partial charge in [0.05, 0.1) is 17.2 Å². The van der Waals surface area contributed by atoms with Crippen molar-refractivity contribution in [2.75, 3.05) is 16.8 Å². The maximum absolute atomic E-state index is 13.6. The number of primary amides is 1. The highest BCUT2D eigenvalue weighted by atomic mass is 32.2. The van der Waals surface area contributed by atoms with Crippen LogP contribution in [0.1, 0.15) is 12.8 Å². The smallest absolute Gasteiger partial charge is 0.243 e. The molecule has 2 rings (SSSR count). The molecular weight excluding hydrogens is 271 g/mol. The van der Waals surface area contributed by atoms with Crippen molar-refractivity contribution in [3.8, 4) is 0 Å². The number of carbonyl (C=O) groups excluding carboxylic acids is 1. The molecule has 7 heteroatoms. The molecular formula is C12H15FN2O3S. The summed E-state index contributed by atoms with van der Waals surface area (Å²) in [5.41, 5.74) is 4.32. The molecule has 0 saturated carbocycles. The summed E-state index contributed by atoms with van der Waals surface area (Å²) in [4.78, 5) is 11.6. The average molecular weight is 286 g/mol. The number of benzene rings is 1. The van der Waals surface area contributed by atoms with Crippen LogP contribution in [0.2, 0.25) is 0 Å². The Morgan fingerprint density at radius 2 is 1.84 bits per heavy atom. The van der Waals surface area contributed by atoms with Crippen molar-refractivity contribution in [3.05, 3.63) is 30.1 Å². The maximum Gasteiger partial charge on any atom is 0.243 e. The second-order valence-electron chi connectivity index (χ2n) is 4.70. The summed E-state index contributed by atoms with van der Waals surface area (Å²) in [5, 5.41) is 2.79. The SMILES string of the molecule is NC(=O)C1(Nc2ccccc2F)CCS(=O)(=O)CC1. The number of nitrogens with one attached hydrogen (secondary N) is 1. The molecule has 1 aliphatic heterocycles. The molecule has 3 N–H and O–H groups in total. The number of para-hydroxylation sites is 1. The summed E-state index contributed by atoms with van der Waals surface area (Å²) in [7, 11) is -3.13. The molecule has 0 atom stereocenters. The van der Waals surface area contributed by atoms with Crippen molar-refractivity contribution in [2.24, 2.45) is 5.73 Å². The predicted octanol–water partition coefficient (Wildman–Crippen LogP) is 0.670. The zero-order valence-corrected chi connectivity index (χ0v) is 11.0. The number of halogens is 1. The molecule has 0 radical (unpaired) electrons. The van der Waals surface area contributed by atoms with Crippen LogP contribution in [0.5, 0.6) is 0 Å². The second-order valence-corrected chi connectivity index (χ2v) is 7.01. The average Bonchev–Trinajstić information content (AvgIpc) is 2.34. The number of nitrogens with two attached hydrogens (primary N) is 1. The molecule has 1 aromatic carbocycles. The van der Waals surface area contributed by atoms with Crippen LogP contribution in [0.4, 0.5) is 10.1 Å². The third kappa shape index (κ3) is 2.86. The van der Waals surface area contributed by atoms with Gasteiger partial charge in [0.1, 0.15) is 11.4 Å². The minimum atomic E-state index is -3.13. The Morgan fingerprint density at radius 1 is 1.26 bits per heavy atom. The number of anilines is 1. The topological polar surface area (TPSA) is 89.3 Å². The van der Waals surface area contributed by atoms with Crippen LogP contribution in [-0.2, 0) is 14.6 Å². The third-order valence-electron chi connectivity index (χ3n) is 3.40. The Kier molecular flexibility index (Phi) is 3.49. The van der Waals surface area contributed by atoms with Crippen molar-refractivity contribution < 1.29 is 17.6 Å². The highest BCUT2D eigenvalue weighted by Crippen LogP contribution is 2.29. The van der Waals surface area contributed by atoms with E-state index in [0.717, 1.165) is 0 Å². The van der Waals surface area contributed by atoms with Crippen molar-refractivity contribution in [1.82, 2.24) is 0 Å². The normalized spacial score (nSPS) is 20.7. The summed E-state index contributed by atoms with van der Waals surface area (Å²) in [6.07, 6.45) is 0.109. The molecule has 1 aromatic rings. The van der Waals surface area contributed by atoms with Gasteiger partial charge in [-0.3, -0.25) is 4.79 Å². The van der Waals surface area contributed by atoms with E-state index in [-0.39, 0.29) is 30.0 Å². The van der Waals surface area contributed by atoms with E-state index in [1.807, 2.05) is 0 Å². The van der Waals surface area contributed by atoms with Crippen LogP contribution < -0.4 is 11.1 Å². The highest BCUT2D eigenvalue weighted by Gasteiger charge is 2.42. The number of hydrogen-bond acceptors (Lipinski definition) is 4.